The molecule has 0 aromatic carbocycles. The van der Waals surface area contributed by atoms with Gasteiger partial charge in [-0.1, -0.05) is 40.0 Å². The number of ether oxygens (including phenoxy) is 2. The summed E-state index contributed by atoms with van der Waals surface area (Å²) in [7, 11) is -0.550. The average molecular weight is 278 g/mol. The third kappa shape index (κ3) is 12.8. The summed E-state index contributed by atoms with van der Waals surface area (Å²) in [6, 6.07) is 0. The molecule has 18 heavy (non-hydrogen) atoms. The van der Waals surface area contributed by atoms with E-state index >= 15 is 0 Å². The molecule has 0 fully saturated rings. The molecule has 4 heteroatoms. The summed E-state index contributed by atoms with van der Waals surface area (Å²) in [6.45, 7) is 9.08. The van der Waals surface area contributed by atoms with Gasteiger partial charge >= 0.3 is 0 Å². The second kappa shape index (κ2) is 15.4. The van der Waals surface area contributed by atoms with Crippen LogP contribution in [0.15, 0.2) is 0 Å². The molecular weight excluding hydrogens is 247 g/mol. The summed E-state index contributed by atoms with van der Waals surface area (Å²) in [5, 5.41) is 0. The van der Waals surface area contributed by atoms with Crippen LogP contribution < -0.4 is 0 Å². The SMILES string of the molecule is CCCCOCP(COCCCC)OCCCC. The van der Waals surface area contributed by atoms with E-state index in [-0.39, 0.29) is 0 Å². The standard InChI is InChI=1S/C14H31O3P/c1-4-7-10-15-13-18(17-12-9-6-3)14-16-11-8-5-2/h4-14H2,1-3H3. The third-order valence-electron chi connectivity index (χ3n) is 2.53. The summed E-state index contributed by atoms with van der Waals surface area (Å²) in [6.07, 6.45) is 8.39. The minimum atomic E-state index is -0.550. The van der Waals surface area contributed by atoms with Crippen LogP contribution in [0.2, 0.25) is 0 Å². The van der Waals surface area contributed by atoms with Crippen LogP contribution in [-0.4, -0.2) is 32.5 Å². The first-order valence-electron chi connectivity index (χ1n) is 7.38. The highest BCUT2D eigenvalue weighted by Crippen LogP contribution is 2.37. The quantitative estimate of drug-likeness (QED) is 0.339. The van der Waals surface area contributed by atoms with Crippen LogP contribution in [0.25, 0.3) is 0 Å². The molecule has 0 heterocycles. The van der Waals surface area contributed by atoms with Gasteiger partial charge in [0.05, 0.1) is 27.5 Å². The zero-order chi connectivity index (χ0) is 13.5. The Morgan fingerprint density at radius 3 is 1.56 bits per heavy atom. The van der Waals surface area contributed by atoms with Crippen molar-refractivity contribution in [2.75, 3.05) is 32.5 Å². The molecule has 0 aromatic rings. The lowest BCUT2D eigenvalue weighted by molar-refractivity contribution is 0.143. The fourth-order valence-electron chi connectivity index (χ4n) is 1.28. The molecule has 0 aliphatic carbocycles. The van der Waals surface area contributed by atoms with E-state index in [4.69, 9.17) is 14.0 Å². The van der Waals surface area contributed by atoms with Crippen molar-refractivity contribution in [1.82, 2.24) is 0 Å². The van der Waals surface area contributed by atoms with Crippen LogP contribution in [0.3, 0.4) is 0 Å². The maximum atomic E-state index is 5.86. The van der Waals surface area contributed by atoms with Gasteiger partial charge in [0, 0.05) is 13.2 Å². The Morgan fingerprint density at radius 1 is 0.667 bits per heavy atom. The van der Waals surface area contributed by atoms with Gasteiger partial charge in [-0.05, 0) is 19.3 Å². The van der Waals surface area contributed by atoms with Crippen molar-refractivity contribution < 1.29 is 14.0 Å². The van der Waals surface area contributed by atoms with Gasteiger partial charge in [0.1, 0.15) is 0 Å². The molecule has 0 amide bonds. The molecule has 0 aliphatic heterocycles. The van der Waals surface area contributed by atoms with E-state index in [0.29, 0.717) is 0 Å². The highest BCUT2D eigenvalue weighted by atomic mass is 31.1. The van der Waals surface area contributed by atoms with Crippen LogP contribution in [0.4, 0.5) is 0 Å². The van der Waals surface area contributed by atoms with Crippen LogP contribution in [0.1, 0.15) is 59.3 Å². The van der Waals surface area contributed by atoms with E-state index in [1.54, 1.807) is 0 Å². The number of hydrogen-bond donors (Lipinski definition) is 0. The highest BCUT2D eigenvalue weighted by molar-refractivity contribution is 7.52. The van der Waals surface area contributed by atoms with E-state index in [1.165, 1.54) is 19.3 Å². The van der Waals surface area contributed by atoms with Crippen molar-refractivity contribution in [3.05, 3.63) is 0 Å². The lowest BCUT2D eigenvalue weighted by Gasteiger charge is -2.18. The van der Waals surface area contributed by atoms with Gasteiger partial charge in [-0.15, -0.1) is 0 Å². The summed E-state index contributed by atoms with van der Waals surface area (Å²) >= 11 is 0. The maximum absolute atomic E-state index is 5.86. The first-order chi connectivity index (χ1) is 8.85. The van der Waals surface area contributed by atoms with Gasteiger partial charge in [0.2, 0.25) is 0 Å². The second-order valence-electron chi connectivity index (χ2n) is 4.45. The van der Waals surface area contributed by atoms with Crippen molar-refractivity contribution >= 4 is 8.15 Å². The molecule has 0 rings (SSSR count). The third-order valence-corrected chi connectivity index (χ3v) is 4.02. The Labute approximate surface area is 114 Å². The molecule has 0 spiro atoms. The van der Waals surface area contributed by atoms with Gasteiger partial charge in [0.15, 0.2) is 0 Å². The minimum Gasteiger partial charge on any atom is -0.374 e. The largest absolute Gasteiger partial charge is 0.374 e. The predicted molar refractivity (Wildman–Crippen MR) is 79.2 cm³/mol. The molecule has 0 atom stereocenters. The molecule has 0 unspecified atom stereocenters. The first-order valence-corrected chi connectivity index (χ1v) is 9.01. The number of hydrogen-bond acceptors (Lipinski definition) is 3. The monoisotopic (exact) mass is 278 g/mol. The lowest BCUT2D eigenvalue weighted by atomic mass is 10.4. The second-order valence-corrected chi connectivity index (χ2v) is 6.19. The first kappa shape index (κ1) is 18.3. The van der Waals surface area contributed by atoms with Gasteiger partial charge in [0.25, 0.3) is 0 Å². The molecule has 0 bridgehead atoms. The van der Waals surface area contributed by atoms with Crippen molar-refractivity contribution in [3.63, 3.8) is 0 Å². The fourth-order valence-corrected chi connectivity index (χ4v) is 2.55. The minimum absolute atomic E-state index is 0.550. The van der Waals surface area contributed by atoms with Gasteiger partial charge in [-0.3, -0.25) is 0 Å². The Kier molecular flexibility index (Phi) is 15.6. The normalized spacial score (nSPS) is 11.3. The van der Waals surface area contributed by atoms with Crippen molar-refractivity contribution in [1.29, 1.82) is 0 Å². The topological polar surface area (TPSA) is 27.7 Å². The number of rotatable bonds is 14. The summed E-state index contributed by atoms with van der Waals surface area (Å²) in [5.41, 5.74) is 0. The molecule has 0 saturated heterocycles. The lowest BCUT2D eigenvalue weighted by Crippen LogP contribution is -2.04. The van der Waals surface area contributed by atoms with Crippen LogP contribution in [-0.2, 0) is 14.0 Å². The highest BCUT2D eigenvalue weighted by Gasteiger charge is 2.09. The fraction of sp³-hybridized carbons (Fsp3) is 1.00. The Bertz CT molecular complexity index is 144. The van der Waals surface area contributed by atoms with Gasteiger partial charge < -0.3 is 14.0 Å². The molecule has 0 aromatic heterocycles. The molecule has 0 N–H and O–H groups in total. The number of unbranched alkanes of at least 4 members (excludes halogenated alkanes) is 3. The van der Waals surface area contributed by atoms with E-state index < -0.39 is 8.15 Å². The zero-order valence-electron chi connectivity index (χ0n) is 12.5. The predicted octanol–water partition coefficient (Wildman–Crippen LogP) is 4.75. The summed E-state index contributed by atoms with van der Waals surface area (Å²) < 4.78 is 17.2. The smallest absolute Gasteiger partial charge is 0.0928 e. The molecule has 0 saturated carbocycles. The van der Waals surface area contributed by atoms with E-state index in [9.17, 15) is 0 Å². The van der Waals surface area contributed by atoms with Crippen molar-refractivity contribution in [3.8, 4) is 0 Å². The molecule has 110 valence electrons. The average Bonchev–Trinajstić information content (AvgIpc) is 2.39. The van der Waals surface area contributed by atoms with Gasteiger partial charge in [-0.25, -0.2) is 0 Å². The Balaban J connectivity index is 3.62. The van der Waals surface area contributed by atoms with Crippen LogP contribution in [0, 0.1) is 0 Å². The van der Waals surface area contributed by atoms with Crippen molar-refractivity contribution in [2.24, 2.45) is 0 Å². The molecule has 3 nitrogen and oxygen atoms in total. The van der Waals surface area contributed by atoms with Crippen LogP contribution in [0.5, 0.6) is 0 Å². The van der Waals surface area contributed by atoms with Crippen LogP contribution >= 0.6 is 8.15 Å². The van der Waals surface area contributed by atoms with Gasteiger partial charge in [-0.2, -0.15) is 0 Å². The zero-order valence-corrected chi connectivity index (χ0v) is 13.3. The summed E-state index contributed by atoms with van der Waals surface area (Å²) in [4.78, 5) is 0. The molecule has 0 radical (unpaired) electrons. The van der Waals surface area contributed by atoms with E-state index in [2.05, 4.69) is 20.8 Å². The summed E-state index contributed by atoms with van der Waals surface area (Å²) in [5.74, 6) is 0. The van der Waals surface area contributed by atoms with E-state index in [1.807, 2.05) is 0 Å². The molecule has 0 aliphatic rings. The Morgan fingerprint density at radius 2 is 1.11 bits per heavy atom. The molecular formula is C14H31O3P. The maximum Gasteiger partial charge on any atom is 0.0928 e. The van der Waals surface area contributed by atoms with E-state index in [0.717, 1.165) is 51.8 Å². The van der Waals surface area contributed by atoms with Crippen molar-refractivity contribution in [2.45, 2.75) is 59.3 Å². The Hall–Kier alpha value is 0.310.